The fourth-order valence-corrected chi connectivity index (χ4v) is 7.02. The van der Waals surface area contributed by atoms with Crippen LogP contribution in [-0.2, 0) is 24.8 Å². The molecule has 33 heavy (non-hydrogen) atoms. The van der Waals surface area contributed by atoms with Gasteiger partial charge in [0.1, 0.15) is 0 Å². The third-order valence-corrected chi connectivity index (χ3v) is 9.59. The Kier molecular flexibility index (Phi) is 7.33. The van der Waals surface area contributed by atoms with E-state index in [4.69, 9.17) is 0 Å². The van der Waals surface area contributed by atoms with Gasteiger partial charge in [0.05, 0.1) is 15.7 Å². The highest BCUT2D eigenvalue weighted by molar-refractivity contribution is 7.89. The fourth-order valence-electron chi connectivity index (χ4n) is 4.33. The van der Waals surface area contributed by atoms with E-state index in [2.05, 4.69) is 10.0 Å². The molecule has 0 saturated carbocycles. The van der Waals surface area contributed by atoms with Crippen molar-refractivity contribution in [2.45, 2.75) is 50.3 Å². The van der Waals surface area contributed by atoms with Crippen LogP contribution in [0.4, 0.5) is 5.69 Å². The van der Waals surface area contributed by atoms with Crippen LogP contribution in [0.1, 0.15) is 35.1 Å². The summed E-state index contributed by atoms with van der Waals surface area (Å²) in [5, 5.41) is 2.81. The number of nitrogens with one attached hydrogen (secondary N) is 2. The summed E-state index contributed by atoms with van der Waals surface area (Å²) in [7, 11) is -6.09. The molecule has 1 heterocycles. The Bertz CT molecular complexity index is 1260. The Morgan fingerprint density at radius 3 is 2.21 bits per heavy atom. The highest BCUT2D eigenvalue weighted by Crippen LogP contribution is 2.30. The van der Waals surface area contributed by atoms with Crippen molar-refractivity contribution in [2.24, 2.45) is 5.92 Å². The molecule has 0 radical (unpaired) electrons. The lowest BCUT2D eigenvalue weighted by atomic mass is 9.98. The number of sulfonamides is 2. The van der Waals surface area contributed by atoms with Crippen molar-refractivity contribution in [3.05, 3.63) is 52.6 Å². The molecule has 180 valence electrons. The molecule has 1 atom stereocenters. The molecule has 2 aromatic rings. The monoisotopic (exact) mass is 493 g/mol. The SMILES string of the molecule is CNS(=O)(=O)c1ccc(C)c(NC(=O)[C@H]2CCCN(S(=O)(=O)c3c(C)cc(C)cc3C)C2)c1. The number of aryl methyl sites for hydroxylation is 4. The largest absolute Gasteiger partial charge is 0.326 e. The standard InChI is InChI=1S/C23H31N3O5S2/c1-15-11-17(3)22(18(4)12-15)33(30,31)26-10-6-7-19(14-26)23(27)25-21-13-20(9-8-16(21)2)32(28,29)24-5/h8-9,11-13,19,24H,6-7,10,14H2,1-5H3,(H,25,27)/t19-/m0/s1. The molecule has 0 unspecified atom stereocenters. The third kappa shape index (κ3) is 5.29. The average molecular weight is 494 g/mol. The van der Waals surface area contributed by atoms with Gasteiger partial charge >= 0.3 is 0 Å². The number of piperidine rings is 1. The minimum absolute atomic E-state index is 0.0454. The van der Waals surface area contributed by atoms with E-state index >= 15 is 0 Å². The summed E-state index contributed by atoms with van der Waals surface area (Å²) >= 11 is 0. The molecule has 2 aromatic carbocycles. The highest BCUT2D eigenvalue weighted by atomic mass is 32.2. The first-order valence-electron chi connectivity index (χ1n) is 10.8. The molecule has 1 saturated heterocycles. The number of amides is 1. The summed E-state index contributed by atoms with van der Waals surface area (Å²) in [6, 6.07) is 8.21. The highest BCUT2D eigenvalue weighted by Gasteiger charge is 2.35. The maximum Gasteiger partial charge on any atom is 0.243 e. The van der Waals surface area contributed by atoms with Crippen LogP contribution in [0.15, 0.2) is 40.1 Å². The van der Waals surface area contributed by atoms with Crippen molar-refractivity contribution in [2.75, 3.05) is 25.5 Å². The van der Waals surface area contributed by atoms with Crippen molar-refractivity contribution < 1.29 is 21.6 Å². The van der Waals surface area contributed by atoms with Gasteiger partial charge in [-0.2, -0.15) is 4.31 Å². The van der Waals surface area contributed by atoms with Crippen LogP contribution in [0.3, 0.4) is 0 Å². The summed E-state index contributed by atoms with van der Waals surface area (Å²) in [4.78, 5) is 13.4. The van der Waals surface area contributed by atoms with Gasteiger partial charge in [-0.25, -0.2) is 21.6 Å². The zero-order chi connectivity index (χ0) is 24.6. The van der Waals surface area contributed by atoms with E-state index in [1.165, 1.54) is 23.5 Å². The van der Waals surface area contributed by atoms with Crippen molar-refractivity contribution in [1.82, 2.24) is 9.03 Å². The van der Waals surface area contributed by atoms with Gasteiger partial charge in [-0.3, -0.25) is 4.79 Å². The van der Waals surface area contributed by atoms with Gasteiger partial charge in [0.15, 0.2) is 0 Å². The lowest BCUT2D eigenvalue weighted by Gasteiger charge is -2.32. The lowest BCUT2D eigenvalue weighted by Crippen LogP contribution is -2.44. The summed E-state index contributed by atoms with van der Waals surface area (Å²) in [6.45, 7) is 7.71. The van der Waals surface area contributed by atoms with Crippen LogP contribution in [0.2, 0.25) is 0 Å². The fraction of sp³-hybridized carbons (Fsp3) is 0.435. The summed E-state index contributed by atoms with van der Waals surface area (Å²) in [5.74, 6) is -0.863. The van der Waals surface area contributed by atoms with Gasteiger partial charge < -0.3 is 5.32 Å². The van der Waals surface area contributed by atoms with Crippen molar-refractivity contribution in [3.63, 3.8) is 0 Å². The Labute approximate surface area is 196 Å². The summed E-state index contributed by atoms with van der Waals surface area (Å²) < 4.78 is 54.7. The Hall–Kier alpha value is -2.27. The van der Waals surface area contributed by atoms with E-state index in [1.807, 2.05) is 19.1 Å². The number of rotatable bonds is 6. The molecule has 0 spiro atoms. The lowest BCUT2D eigenvalue weighted by molar-refractivity contribution is -0.120. The Morgan fingerprint density at radius 2 is 1.61 bits per heavy atom. The number of hydrogen-bond donors (Lipinski definition) is 2. The van der Waals surface area contributed by atoms with Crippen LogP contribution in [0.25, 0.3) is 0 Å². The van der Waals surface area contributed by atoms with Gasteiger partial charge in [-0.15, -0.1) is 0 Å². The molecule has 1 amide bonds. The van der Waals surface area contributed by atoms with Crippen molar-refractivity contribution in [1.29, 1.82) is 0 Å². The predicted octanol–water partition coefficient (Wildman–Crippen LogP) is 2.87. The number of anilines is 1. The zero-order valence-corrected chi connectivity index (χ0v) is 21.2. The van der Waals surface area contributed by atoms with Gasteiger partial charge in [0, 0.05) is 18.8 Å². The minimum Gasteiger partial charge on any atom is -0.326 e. The summed E-state index contributed by atoms with van der Waals surface area (Å²) in [5.41, 5.74) is 3.48. The number of hydrogen-bond acceptors (Lipinski definition) is 5. The molecule has 8 nitrogen and oxygen atoms in total. The molecule has 10 heteroatoms. The maximum absolute atomic E-state index is 13.4. The van der Waals surface area contributed by atoms with E-state index in [-0.39, 0.29) is 17.3 Å². The van der Waals surface area contributed by atoms with Gasteiger partial charge in [-0.1, -0.05) is 23.8 Å². The smallest absolute Gasteiger partial charge is 0.243 e. The van der Waals surface area contributed by atoms with Crippen molar-refractivity contribution >= 4 is 31.6 Å². The van der Waals surface area contributed by atoms with Gasteiger partial charge in [0.25, 0.3) is 0 Å². The normalized spacial score (nSPS) is 17.7. The second-order valence-corrected chi connectivity index (χ2v) is 12.4. The minimum atomic E-state index is -3.75. The van der Waals surface area contributed by atoms with E-state index < -0.39 is 26.0 Å². The number of benzene rings is 2. The topological polar surface area (TPSA) is 113 Å². The van der Waals surface area contributed by atoms with Crippen LogP contribution >= 0.6 is 0 Å². The van der Waals surface area contributed by atoms with Crippen LogP contribution in [0.5, 0.6) is 0 Å². The quantitative estimate of drug-likeness (QED) is 0.643. The Morgan fingerprint density at radius 1 is 0.970 bits per heavy atom. The molecule has 1 aliphatic rings. The first kappa shape index (κ1) is 25.4. The first-order valence-corrected chi connectivity index (χ1v) is 13.7. The van der Waals surface area contributed by atoms with E-state index in [0.29, 0.717) is 46.7 Å². The van der Waals surface area contributed by atoms with Crippen LogP contribution in [0, 0.1) is 33.6 Å². The van der Waals surface area contributed by atoms with Gasteiger partial charge in [-0.05, 0) is 76.4 Å². The predicted molar refractivity (Wildman–Crippen MR) is 128 cm³/mol. The number of nitrogens with zero attached hydrogens (tertiary/aromatic N) is 1. The maximum atomic E-state index is 13.4. The molecule has 2 N–H and O–H groups in total. The van der Waals surface area contributed by atoms with E-state index in [1.54, 1.807) is 26.8 Å². The van der Waals surface area contributed by atoms with Gasteiger partial charge in [0.2, 0.25) is 26.0 Å². The number of carbonyl (C=O) groups is 1. The third-order valence-electron chi connectivity index (χ3n) is 6.00. The molecule has 1 aliphatic heterocycles. The second-order valence-electron chi connectivity index (χ2n) is 8.60. The number of carbonyl (C=O) groups excluding carboxylic acids is 1. The van der Waals surface area contributed by atoms with Crippen LogP contribution < -0.4 is 10.0 Å². The first-order chi connectivity index (χ1) is 15.4. The molecule has 0 bridgehead atoms. The molecule has 0 aromatic heterocycles. The average Bonchev–Trinajstić information content (AvgIpc) is 2.74. The van der Waals surface area contributed by atoms with E-state index in [9.17, 15) is 21.6 Å². The summed E-state index contributed by atoms with van der Waals surface area (Å²) in [6.07, 6.45) is 1.12. The molecule has 0 aliphatic carbocycles. The molecule has 3 rings (SSSR count). The van der Waals surface area contributed by atoms with Crippen LogP contribution in [-0.4, -0.2) is 47.2 Å². The molecular formula is C23H31N3O5S2. The van der Waals surface area contributed by atoms with E-state index in [0.717, 1.165) is 5.56 Å². The second kappa shape index (κ2) is 9.54. The molecule has 1 fully saturated rings. The Balaban J connectivity index is 1.83. The zero-order valence-electron chi connectivity index (χ0n) is 19.6. The van der Waals surface area contributed by atoms with Crippen molar-refractivity contribution in [3.8, 4) is 0 Å². The molecular weight excluding hydrogens is 462 g/mol.